The van der Waals surface area contributed by atoms with Crippen LogP contribution in [0.15, 0.2) is 45.6 Å². The molecule has 3 rings (SSSR count). The van der Waals surface area contributed by atoms with Crippen molar-refractivity contribution in [3.63, 3.8) is 0 Å². The van der Waals surface area contributed by atoms with Crippen molar-refractivity contribution in [2.24, 2.45) is 7.05 Å². The van der Waals surface area contributed by atoms with Crippen LogP contribution in [0, 0.1) is 20.8 Å². The third-order valence-corrected chi connectivity index (χ3v) is 5.05. The van der Waals surface area contributed by atoms with Crippen molar-refractivity contribution in [2.75, 3.05) is 0 Å². The predicted molar refractivity (Wildman–Crippen MR) is 107 cm³/mol. The lowest BCUT2D eigenvalue weighted by molar-refractivity contribution is 0.0944. The highest BCUT2D eigenvalue weighted by molar-refractivity contribution is 5.95. The topological polar surface area (TPSA) is 77.1 Å². The maximum Gasteiger partial charge on any atom is 0.349 e. The Balaban J connectivity index is 1.70. The molecular formula is C22H25N3O3. The Bertz CT molecular complexity index is 1050. The van der Waals surface area contributed by atoms with Gasteiger partial charge in [-0.2, -0.15) is 0 Å². The molecule has 0 aliphatic rings. The molecule has 3 aromatic rings. The maximum atomic E-state index is 12.5. The van der Waals surface area contributed by atoms with E-state index in [0.717, 1.165) is 23.6 Å². The maximum absolute atomic E-state index is 12.5. The van der Waals surface area contributed by atoms with E-state index in [1.807, 2.05) is 55.8 Å². The van der Waals surface area contributed by atoms with Crippen molar-refractivity contribution >= 4 is 5.91 Å². The lowest BCUT2D eigenvalue weighted by Gasteiger charge is -2.09. The average molecular weight is 379 g/mol. The van der Waals surface area contributed by atoms with Gasteiger partial charge >= 0.3 is 5.63 Å². The van der Waals surface area contributed by atoms with Crippen molar-refractivity contribution in [2.45, 2.75) is 40.2 Å². The molecule has 0 saturated heterocycles. The Hall–Kier alpha value is -3.15. The molecule has 6 heteroatoms. The molecule has 28 heavy (non-hydrogen) atoms. The molecule has 0 aliphatic carbocycles. The zero-order chi connectivity index (χ0) is 20.3. The number of hydrogen-bond acceptors (Lipinski definition) is 4. The first-order valence-electron chi connectivity index (χ1n) is 9.31. The number of benzene rings is 1. The molecule has 1 amide bonds. The Morgan fingerprint density at radius 1 is 1.14 bits per heavy atom. The summed E-state index contributed by atoms with van der Waals surface area (Å²) in [6.45, 7) is 5.90. The molecule has 0 aliphatic heterocycles. The highest BCUT2D eigenvalue weighted by Crippen LogP contribution is 2.11. The highest BCUT2D eigenvalue weighted by atomic mass is 16.4. The largest absolute Gasteiger partial charge is 0.427 e. The predicted octanol–water partition coefficient (Wildman–Crippen LogP) is 3.01. The molecule has 6 nitrogen and oxygen atoms in total. The Labute approximate surface area is 164 Å². The molecule has 0 atom stereocenters. The minimum absolute atomic E-state index is 0.0473. The number of amides is 1. The van der Waals surface area contributed by atoms with Gasteiger partial charge in [0.1, 0.15) is 17.1 Å². The molecular weight excluding hydrogens is 354 g/mol. The van der Waals surface area contributed by atoms with Crippen LogP contribution < -0.4 is 10.9 Å². The number of carbonyl (C=O) groups is 1. The summed E-state index contributed by atoms with van der Waals surface area (Å²) >= 11 is 0. The van der Waals surface area contributed by atoms with Crippen LogP contribution in [0.2, 0.25) is 0 Å². The fraction of sp³-hybridized carbons (Fsp3) is 0.318. The van der Waals surface area contributed by atoms with Crippen LogP contribution in [0.3, 0.4) is 0 Å². The standard InChI is InChI=1S/C22H25N3O3/c1-14-12-18(11-10-17-8-6-5-7-9-17)28-22(27)20(14)21(26)23-13-19-24-15(2)16(3)25(19)4/h5-9,12H,10-11,13H2,1-4H3,(H,23,26). The number of imidazole rings is 1. The van der Waals surface area contributed by atoms with Crippen molar-refractivity contribution < 1.29 is 9.21 Å². The van der Waals surface area contributed by atoms with E-state index in [9.17, 15) is 9.59 Å². The minimum Gasteiger partial charge on any atom is -0.427 e. The van der Waals surface area contributed by atoms with Crippen LogP contribution in [-0.4, -0.2) is 15.5 Å². The molecule has 0 bridgehead atoms. The monoisotopic (exact) mass is 379 g/mol. The molecule has 0 spiro atoms. The van der Waals surface area contributed by atoms with Crippen LogP contribution in [0.4, 0.5) is 0 Å². The van der Waals surface area contributed by atoms with Gasteiger partial charge in [-0.25, -0.2) is 9.78 Å². The summed E-state index contributed by atoms with van der Waals surface area (Å²) < 4.78 is 7.32. The molecule has 0 radical (unpaired) electrons. The van der Waals surface area contributed by atoms with Gasteiger partial charge in [0.25, 0.3) is 5.91 Å². The number of rotatable bonds is 6. The van der Waals surface area contributed by atoms with Crippen LogP contribution in [0.25, 0.3) is 0 Å². The van der Waals surface area contributed by atoms with Crippen molar-refractivity contribution in [1.82, 2.24) is 14.9 Å². The van der Waals surface area contributed by atoms with Gasteiger partial charge in [0.2, 0.25) is 0 Å². The summed E-state index contributed by atoms with van der Waals surface area (Å²) in [6.07, 6.45) is 1.38. The third-order valence-electron chi connectivity index (χ3n) is 5.05. The van der Waals surface area contributed by atoms with E-state index in [1.165, 1.54) is 5.56 Å². The first kappa shape index (κ1) is 19.6. The van der Waals surface area contributed by atoms with Crippen LogP contribution >= 0.6 is 0 Å². The zero-order valence-corrected chi connectivity index (χ0v) is 16.7. The van der Waals surface area contributed by atoms with Gasteiger partial charge in [-0.1, -0.05) is 30.3 Å². The second-order valence-electron chi connectivity index (χ2n) is 6.98. The van der Waals surface area contributed by atoms with E-state index in [4.69, 9.17) is 4.42 Å². The summed E-state index contributed by atoms with van der Waals surface area (Å²) in [5.74, 6) is 0.877. The Morgan fingerprint density at radius 2 is 1.86 bits per heavy atom. The second-order valence-corrected chi connectivity index (χ2v) is 6.98. The Morgan fingerprint density at radius 3 is 2.46 bits per heavy atom. The van der Waals surface area contributed by atoms with E-state index < -0.39 is 11.5 Å². The van der Waals surface area contributed by atoms with E-state index in [2.05, 4.69) is 10.3 Å². The molecule has 1 aromatic carbocycles. The van der Waals surface area contributed by atoms with E-state index in [0.29, 0.717) is 17.7 Å². The lowest BCUT2D eigenvalue weighted by atomic mass is 10.1. The van der Waals surface area contributed by atoms with E-state index in [-0.39, 0.29) is 12.1 Å². The van der Waals surface area contributed by atoms with Crippen molar-refractivity contribution in [3.8, 4) is 0 Å². The number of carbonyl (C=O) groups excluding carboxylic acids is 1. The first-order valence-corrected chi connectivity index (χ1v) is 9.31. The van der Waals surface area contributed by atoms with Gasteiger partial charge in [0.15, 0.2) is 0 Å². The fourth-order valence-electron chi connectivity index (χ4n) is 3.17. The third kappa shape index (κ3) is 4.22. The van der Waals surface area contributed by atoms with E-state index >= 15 is 0 Å². The smallest absolute Gasteiger partial charge is 0.349 e. The summed E-state index contributed by atoms with van der Waals surface area (Å²) in [4.78, 5) is 29.4. The van der Waals surface area contributed by atoms with Gasteiger partial charge in [-0.15, -0.1) is 0 Å². The quantitative estimate of drug-likeness (QED) is 0.714. The number of nitrogens with zero attached hydrogens (tertiary/aromatic N) is 2. The van der Waals surface area contributed by atoms with Gasteiger partial charge < -0.3 is 14.3 Å². The summed E-state index contributed by atoms with van der Waals surface area (Å²) in [6, 6.07) is 11.8. The molecule has 0 unspecified atom stereocenters. The van der Waals surface area contributed by atoms with Crippen molar-refractivity contribution in [1.29, 1.82) is 0 Å². The normalized spacial score (nSPS) is 10.9. The summed E-state index contributed by atoms with van der Waals surface area (Å²) in [7, 11) is 1.90. The fourth-order valence-corrected chi connectivity index (χ4v) is 3.17. The van der Waals surface area contributed by atoms with Crippen LogP contribution in [-0.2, 0) is 26.4 Å². The molecule has 0 saturated carbocycles. The van der Waals surface area contributed by atoms with Gasteiger partial charge in [-0.05, 0) is 44.4 Å². The highest BCUT2D eigenvalue weighted by Gasteiger charge is 2.18. The van der Waals surface area contributed by atoms with Crippen molar-refractivity contribution in [3.05, 3.63) is 86.5 Å². The zero-order valence-electron chi connectivity index (χ0n) is 16.7. The van der Waals surface area contributed by atoms with E-state index in [1.54, 1.807) is 13.0 Å². The average Bonchev–Trinajstić information content (AvgIpc) is 2.92. The summed E-state index contributed by atoms with van der Waals surface area (Å²) in [5.41, 5.74) is 3.20. The minimum atomic E-state index is -0.604. The van der Waals surface area contributed by atoms with Gasteiger partial charge in [-0.3, -0.25) is 4.79 Å². The SMILES string of the molecule is Cc1cc(CCc2ccccc2)oc(=O)c1C(=O)NCc1nc(C)c(C)n1C. The number of aryl methyl sites for hydroxylation is 4. The molecule has 1 N–H and O–H groups in total. The molecule has 2 aromatic heterocycles. The molecule has 2 heterocycles. The second kappa shape index (κ2) is 8.25. The van der Waals surface area contributed by atoms with Gasteiger partial charge in [0, 0.05) is 19.2 Å². The van der Waals surface area contributed by atoms with Gasteiger partial charge in [0.05, 0.1) is 12.2 Å². The molecule has 146 valence electrons. The Kier molecular flexibility index (Phi) is 5.78. The number of nitrogens with one attached hydrogen (secondary N) is 1. The van der Waals surface area contributed by atoms with Crippen LogP contribution in [0.5, 0.6) is 0 Å². The number of aromatic nitrogens is 2. The van der Waals surface area contributed by atoms with Crippen LogP contribution in [0.1, 0.15) is 44.5 Å². The first-order chi connectivity index (χ1) is 13.4. The lowest BCUT2D eigenvalue weighted by Crippen LogP contribution is -2.30. The summed E-state index contributed by atoms with van der Waals surface area (Å²) in [5, 5.41) is 2.77. The number of hydrogen-bond donors (Lipinski definition) is 1. The molecule has 0 fully saturated rings.